The Morgan fingerprint density at radius 3 is 2.52 bits per heavy atom. The zero-order chi connectivity index (χ0) is 38.7. The fourth-order valence-corrected chi connectivity index (χ4v) is 8.44. The second-order valence-corrected chi connectivity index (χ2v) is 16.1. The summed E-state index contributed by atoms with van der Waals surface area (Å²) in [5.74, 6) is -0.0478. The number of nitrogens with zero attached hydrogens (tertiary/aromatic N) is 3. The Kier molecular flexibility index (Phi) is 15.1. The molecule has 2 aliphatic heterocycles. The molecule has 4 aliphatic rings. The Bertz CT molecular complexity index is 1470. The minimum atomic E-state index is -1.32. The topological polar surface area (TPSA) is 122 Å². The summed E-state index contributed by atoms with van der Waals surface area (Å²) in [6, 6.07) is 5.49. The molecule has 6 unspecified atom stereocenters. The molecule has 2 N–H and O–H groups in total. The molecular weight excluding hydrogens is 686 g/mol. The van der Waals surface area contributed by atoms with Crippen LogP contribution in [0, 0.1) is 17.8 Å². The van der Waals surface area contributed by atoms with Crippen LogP contribution in [0.5, 0.6) is 11.5 Å². The molecule has 5 rings (SSSR count). The zero-order valence-corrected chi connectivity index (χ0v) is 33.2. The molecule has 6 atom stereocenters. The van der Waals surface area contributed by atoms with Crippen molar-refractivity contribution in [1.82, 2.24) is 9.80 Å². The van der Waals surface area contributed by atoms with Crippen LogP contribution in [0.3, 0.4) is 0 Å². The number of rotatable bonds is 22. The van der Waals surface area contributed by atoms with E-state index in [1.54, 1.807) is 17.1 Å². The smallest absolute Gasteiger partial charge is 0.410 e. The van der Waals surface area contributed by atoms with Crippen LogP contribution in [0.25, 0.3) is 0 Å². The van der Waals surface area contributed by atoms with Gasteiger partial charge in [-0.2, -0.15) is 0 Å². The second kappa shape index (κ2) is 19.5. The summed E-state index contributed by atoms with van der Waals surface area (Å²) >= 11 is 0. The van der Waals surface area contributed by atoms with E-state index < -0.39 is 23.5 Å². The number of hydrogen-bond acceptors (Lipinski definition) is 10. The predicted octanol–water partition coefficient (Wildman–Crippen LogP) is 7.24. The summed E-state index contributed by atoms with van der Waals surface area (Å²) in [5.41, 5.74) is 2.26. The van der Waals surface area contributed by atoms with Crippen molar-refractivity contribution in [3.05, 3.63) is 60.7 Å². The lowest BCUT2D eigenvalue weighted by atomic mass is 9.55. The van der Waals surface area contributed by atoms with Gasteiger partial charge in [0.1, 0.15) is 29.7 Å². The summed E-state index contributed by atoms with van der Waals surface area (Å²) in [5, 5.41) is 24.6. The van der Waals surface area contributed by atoms with E-state index in [-0.39, 0.29) is 50.1 Å². The number of aliphatic hydroxyl groups excluding tert-OH is 2. The van der Waals surface area contributed by atoms with Crippen LogP contribution in [0.2, 0.25) is 0 Å². The molecule has 2 fully saturated rings. The zero-order valence-electron chi connectivity index (χ0n) is 33.2. The Hall–Kier alpha value is -3.38. The van der Waals surface area contributed by atoms with Gasteiger partial charge >= 0.3 is 6.09 Å². The number of benzene rings is 1. The largest absolute Gasteiger partial charge is 0.492 e. The fourth-order valence-electron chi connectivity index (χ4n) is 8.44. The molecular formula is C43H65N3O8. The van der Waals surface area contributed by atoms with Gasteiger partial charge in [-0.1, -0.05) is 43.1 Å². The number of unbranched alkanes of at least 4 members (excludes halogenated alkanes) is 2. The summed E-state index contributed by atoms with van der Waals surface area (Å²) < 4.78 is 26.5. The van der Waals surface area contributed by atoms with E-state index in [1.807, 2.05) is 39.8 Å². The number of amides is 1. The highest BCUT2D eigenvalue weighted by molar-refractivity contribution is 6.03. The molecule has 1 saturated carbocycles. The lowest BCUT2D eigenvalue weighted by Crippen LogP contribution is -2.70. The van der Waals surface area contributed by atoms with Crippen molar-refractivity contribution in [3.8, 4) is 11.5 Å². The van der Waals surface area contributed by atoms with Gasteiger partial charge in [-0.05, 0) is 94.9 Å². The molecule has 300 valence electrons. The van der Waals surface area contributed by atoms with Gasteiger partial charge in [0.2, 0.25) is 5.79 Å². The van der Waals surface area contributed by atoms with Crippen LogP contribution in [0.4, 0.5) is 4.79 Å². The number of carbonyl (C=O) groups is 1. The average molecular weight is 752 g/mol. The van der Waals surface area contributed by atoms with Gasteiger partial charge in [-0.15, -0.1) is 13.2 Å². The van der Waals surface area contributed by atoms with E-state index in [9.17, 15) is 15.0 Å². The Morgan fingerprint density at radius 2 is 1.85 bits per heavy atom. The van der Waals surface area contributed by atoms with Crippen LogP contribution >= 0.6 is 0 Å². The maximum absolute atomic E-state index is 14.1. The van der Waals surface area contributed by atoms with Crippen LogP contribution < -0.4 is 9.47 Å². The lowest BCUT2D eigenvalue weighted by Gasteiger charge is -2.60. The average Bonchev–Trinajstić information content (AvgIpc) is 3.98. The van der Waals surface area contributed by atoms with Crippen molar-refractivity contribution in [3.63, 3.8) is 0 Å². The van der Waals surface area contributed by atoms with E-state index >= 15 is 0 Å². The summed E-state index contributed by atoms with van der Waals surface area (Å²) in [6.45, 7) is 20.6. The third-order valence-electron chi connectivity index (χ3n) is 10.9. The number of allylic oxidation sites excluding steroid dienone is 1. The fraction of sp³-hybridized carbons (Fsp3) is 0.674. The van der Waals surface area contributed by atoms with Crippen molar-refractivity contribution in [1.29, 1.82) is 0 Å². The molecule has 2 aliphatic carbocycles. The third kappa shape index (κ3) is 10.1. The first-order chi connectivity index (χ1) is 26.1. The highest BCUT2D eigenvalue weighted by Crippen LogP contribution is 2.62. The van der Waals surface area contributed by atoms with Crippen molar-refractivity contribution in [2.75, 3.05) is 59.2 Å². The quantitative estimate of drug-likeness (QED) is 0.0547. The molecule has 1 aromatic carbocycles. The summed E-state index contributed by atoms with van der Waals surface area (Å²) in [7, 11) is 0. The molecule has 2 heterocycles. The van der Waals surface area contributed by atoms with Gasteiger partial charge in [0.05, 0.1) is 24.8 Å². The van der Waals surface area contributed by atoms with Gasteiger partial charge < -0.3 is 34.0 Å². The van der Waals surface area contributed by atoms with E-state index in [1.165, 1.54) is 0 Å². The van der Waals surface area contributed by atoms with Gasteiger partial charge in [-0.25, -0.2) is 4.79 Å². The van der Waals surface area contributed by atoms with Crippen LogP contribution in [-0.4, -0.2) is 108 Å². The van der Waals surface area contributed by atoms with Gasteiger partial charge in [0, 0.05) is 57.3 Å². The van der Waals surface area contributed by atoms with E-state index in [0.717, 1.165) is 67.9 Å². The highest BCUT2D eigenvalue weighted by atomic mass is 16.7. The maximum Gasteiger partial charge on any atom is 0.410 e. The first-order valence-corrected chi connectivity index (χ1v) is 20.3. The van der Waals surface area contributed by atoms with Crippen LogP contribution in [0.1, 0.15) is 97.0 Å². The SMILES string of the molecule is C=CCCOC(=O)N(CCC)C1CC(=NOC(C)(C)C)C2=CC(CCCCO)C(CCCCO)C3c4cc(OCCN5CC5)ccc4OC1(OCC=C)C23. The number of fused-ring (bicyclic) bond motifs is 2. The normalized spacial score (nSPS) is 26.5. The van der Waals surface area contributed by atoms with Crippen LogP contribution in [0.15, 0.2) is 60.3 Å². The minimum Gasteiger partial charge on any atom is -0.492 e. The minimum absolute atomic E-state index is 0.116. The number of hydrogen-bond donors (Lipinski definition) is 2. The van der Waals surface area contributed by atoms with Crippen LogP contribution in [-0.2, 0) is 14.3 Å². The van der Waals surface area contributed by atoms with Crippen molar-refractivity contribution in [2.24, 2.45) is 22.9 Å². The number of carbonyl (C=O) groups excluding carboxylic acids is 1. The number of ether oxygens (including phenoxy) is 4. The van der Waals surface area contributed by atoms with E-state index in [4.69, 9.17) is 28.9 Å². The lowest BCUT2D eigenvalue weighted by molar-refractivity contribution is -0.255. The molecule has 11 nitrogen and oxygen atoms in total. The first kappa shape index (κ1) is 41.8. The molecule has 1 amide bonds. The molecule has 1 aromatic rings. The van der Waals surface area contributed by atoms with Crippen molar-refractivity contribution >= 4 is 11.8 Å². The van der Waals surface area contributed by atoms with E-state index in [0.29, 0.717) is 51.0 Å². The molecule has 0 aromatic heterocycles. The Morgan fingerprint density at radius 1 is 1.09 bits per heavy atom. The molecule has 1 saturated heterocycles. The maximum atomic E-state index is 14.1. The Labute approximate surface area is 323 Å². The van der Waals surface area contributed by atoms with Gasteiger partial charge in [0.25, 0.3) is 0 Å². The number of oxime groups is 1. The summed E-state index contributed by atoms with van der Waals surface area (Å²) in [4.78, 5) is 24.4. The summed E-state index contributed by atoms with van der Waals surface area (Å²) in [6.07, 6.45) is 11.8. The predicted molar refractivity (Wildman–Crippen MR) is 211 cm³/mol. The molecule has 0 bridgehead atoms. The molecule has 0 spiro atoms. The molecule has 54 heavy (non-hydrogen) atoms. The first-order valence-electron chi connectivity index (χ1n) is 20.3. The highest BCUT2D eigenvalue weighted by Gasteiger charge is 2.65. The van der Waals surface area contributed by atoms with Crippen molar-refractivity contribution < 1.29 is 38.8 Å². The van der Waals surface area contributed by atoms with E-state index in [2.05, 4.69) is 30.2 Å². The standard InChI is InChI=1S/C43H65N3O8/c1-7-10-26-51-41(49)46(19-8-2)38-30-36(44-54-42(4,5)6)34-28-31(15-11-13-23-47)33(16-12-14-24-48)39-35-29-32(50-27-22-45-20-21-45)17-18-37(35)53-43(38,40(34)39)52-25-9-3/h7,9,17-18,28-29,31,33,38-40,47-48H,1,3,8,10-16,19-27,30H2,2,4-6H3. The monoisotopic (exact) mass is 751 g/mol. The second-order valence-electron chi connectivity index (χ2n) is 16.1. The number of aliphatic hydroxyl groups is 2. The molecule has 0 radical (unpaired) electrons. The molecule has 11 heteroatoms. The third-order valence-corrected chi connectivity index (χ3v) is 10.9. The van der Waals surface area contributed by atoms with Crippen molar-refractivity contribution in [2.45, 2.75) is 109 Å². The Balaban J connectivity index is 1.74. The van der Waals surface area contributed by atoms with Gasteiger partial charge in [0.15, 0.2) is 0 Å². The van der Waals surface area contributed by atoms with Gasteiger partial charge in [-0.3, -0.25) is 9.80 Å².